The van der Waals surface area contributed by atoms with E-state index in [4.69, 9.17) is 0 Å². The van der Waals surface area contributed by atoms with Gasteiger partial charge in [0.25, 0.3) is 0 Å². The summed E-state index contributed by atoms with van der Waals surface area (Å²) < 4.78 is 4.51. The van der Waals surface area contributed by atoms with Crippen LogP contribution in [-0.4, -0.2) is 35.1 Å². The normalized spacial score (nSPS) is 9.50. The van der Waals surface area contributed by atoms with Crippen molar-refractivity contribution in [1.29, 1.82) is 0 Å². The van der Waals surface area contributed by atoms with Gasteiger partial charge in [-0.05, 0) is 0 Å². The molecule has 1 aromatic heterocycles. The van der Waals surface area contributed by atoms with Crippen molar-refractivity contribution in [2.75, 3.05) is 14.2 Å². The average molecular weight is 169 g/mol. The summed E-state index contributed by atoms with van der Waals surface area (Å²) in [5, 5.41) is 0. The zero-order valence-corrected chi connectivity index (χ0v) is 7.07. The van der Waals surface area contributed by atoms with Crippen molar-refractivity contribution >= 4 is 6.09 Å². The van der Waals surface area contributed by atoms with E-state index in [0.29, 0.717) is 6.54 Å². The van der Waals surface area contributed by atoms with Crippen LogP contribution in [0.2, 0.25) is 0 Å². The second-order valence-corrected chi connectivity index (χ2v) is 2.36. The third kappa shape index (κ3) is 1.98. The molecular weight excluding hydrogens is 158 g/mol. The van der Waals surface area contributed by atoms with Crippen molar-refractivity contribution in [3.63, 3.8) is 0 Å². The van der Waals surface area contributed by atoms with Crippen molar-refractivity contribution in [2.45, 2.75) is 6.54 Å². The van der Waals surface area contributed by atoms with Crippen LogP contribution >= 0.6 is 0 Å². The van der Waals surface area contributed by atoms with Crippen LogP contribution in [-0.2, 0) is 11.3 Å². The molecule has 1 N–H and O–H groups in total. The van der Waals surface area contributed by atoms with Crippen LogP contribution < -0.4 is 0 Å². The molecule has 0 atom stereocenters. The fraction of sp³-hybridized carbons (Fsp3) is 0.429. The number of hydrogen-bond donors (Lipinski definition) is 1. The third-order valence-corrected chi connectivity index (χ3v) is 1.43. The summed E-state index contributed by atoms with van der Waals surface area (Å²) in [6.07, 6.45) is 2.98. The number of ether oxygens (including phenoxy) is 1. The minimum absolute atomic E-state index is 0.369. The van der Waals surface area contributed by atoms with Crippen molar-refractivity contribution in [3.05, 3.63) is 18.2 Å². The van der Waals surface area contributed by atoms with Crippen LogP contribution in [0.5, 0.6) is 0 Å². The Kier molecular flexibility index (Phi) is 2.68. The predicted molar refractivity (Wildman–Crippen MR) is 42.5 cm³/mol. The zero-order valence-electron chi connectivity index (χ0n) is 7.07. The van der Waals surface area contributed by atoms with Gasteiger partial charge >= 0.3 is 6.09 Å². The molecule has 1 heterocycles. The lowest BCUT2D eigenvalue weighted by Gasteiger charge is -2.12. The van der Waals surface area contributed by atoms with Crippen LogP contribution in [0.3, 0.4) is 0 Å². The molecule has 0 saturated carbocycles. The van der Waals surface area contributed by atoms with E-state index in [9.17, 15) is 4.79 Å². The zero-order chi connectivity index (χ0) is 8.97. The number of nitrogens with zero attached hydrogens (tertiary/aromatic N) is 2. The molecule has 1 amide bonds. The molecule has 5 heteroatoms. The fourth-order valence-corrected chi connectivity index (χ4v) is 0.829. The lowest BCUT2D eigenvalue weighted by Crippen LogP contribution is -2.26. The largest absolute Gasteiger partial charge is 0.453 e. The summed E-state index contributed by atoms with van der Waals surface area (Å²) in [6, 6.07) is 0. The van der Waals surface area contributed by atoms with Crippen molar-refractivity contribution in [1.82, 2.24) is 14.9 Å². The van der Waals surface area contributed by atoms with Gasteiger partial charge in [0.15, 0.2) is 0 Å². The van der Waals surface area contributed by atoms with Gasteiger partial charge in [0, 0.05) is 19.4 Å². The molecule has 0 spiro atoms. The summed E-state index contributed by atoms with van der Waals surface area (Å²) in [6.45, 7) is 0.430. The van der Waals surface area contributed by atoms with Gasteiger partial charge in [-0.1, -0.05) is 0 Å². The van der Waals surface area contributed by atoms with Crippen LogP contribution in [0.4, 0.5) is 4.79 Å². The number of methoxy groups -OCH3 is 1. The highest BCUT2D eigenvalue weighted by atomic mass is 16.5. The molecule has 0 saturated heterocycles. The van der Waals surface area contributed by atoms with Gasteiger partial charge < -0.3 is 14.6 Å². The Morgan fingerprint density at radius 2 is 2.58 bits per heavy atom. The number of amides is 1. The van der Waals surface area contributed by atoms with E-state index in [1.807, 2.05) is 0 Å². The number of nitrogens with one attached hydrogen (secondary N) is 1. The first-order valence-corrected chi connectivity index (χ1v) is 3.51. The van der Waals surface area contributed by atoms with Gasteiger partial charge in [-0.2, -0.15) is 0 Å². The number of rotatable bonds is 2. The molecule has 66 valence electrons. The van der Waals surface area contributed by atoms with Crippen LogP contribution in [0.1, 0.15) is 5.82 Å². The lowest BCUT2D eigenvalue weighted by atomic mass is 10.5. The first kappa shape index (κ1) is 8.58. The molecule has 0 unspecified atom stereocenters. The predicted octanol–water partition coefficient (Wildman–Crippen LogP) is 0.608. The molecule has 0 aliphatic heterocycles. The summed E-state index contributed by atoms with van der Waals surface area (Å²) in [5.74, 6) is 0.739. The highest BCUT2D eigenvalue weighted by Gasteiger charge is 2.08. The van der Waals surface area contributed by atoms with Crippen molar-refractivity contribution in [3.8, 4) is 0 Å². The highest BCUT2D eigenvalue weighted by molar-refractivity contribution is 5.66. The van der Waals surface area contributed by atoms with Crippen LogP contribution in [0.25, 0.3) is 0 Å². The number of carbonyl (C=O) groups is 1. The molecule has 5 nitrogen and oxygen atoms in total. The van der Waals surface area contributed by atoms with E-state index in [1.165, 1.54) is 12.0 Å². The summed E-state index contributed by atoms with van der Waals surface area (Å²) >= 11 is 0. The molecule has 0 aromatic carbocycles. The molecule has 0 radical (unpaired) electrons. The maximum Gasteiger partial charge on any atom is 0.409 e. The third-order valence-electron chi connectivity index (χ3n) is 1.43. The Labute approximate surface area is 70.4 Å². The summed E-state index contributed by atoms with van der Waals surface area (Å²) in [4.78, 5) is 19.2. The maximum atomic E-state index is 10.9. The highest BCUT2D eigenvalue weighted by Crippen LogP contribution is 1.96. The Balaban J connectivity index is 2.47. The second-order valence-electron chi connectivity index (χ2n) is 2.36. The maximum absolute atomic E-state index is 10.9. The van der Waals surface area contributed by atoms with E-state index in [1.54, 1.807) is 19.4 Å². The Morgan fingerprint density at radius 3 is 3.08 bits per heavy atom. The van der Waals surface area contributed by atoms with Gasteiger partial charge in [0.2, 0.25) is 0 Å². The Bertz CT molecular complexity index is 245. The monoisotopic (exact) mass is 169 g/mol. The quantitative estimate of drug-likeness (QED) is 0.705. The van der Waals surface area contributed by atoms with E-state index in [0.717, 1.165) is 5.82 Å². The summed E-state index contributed by atoms with van der Waals surface area (Å²) in [7, 11) is 3.00. The minimum Gasteiger partial charge on any atom is -0.453 e. The molecule has 0 bridgehead atoms. The van der Waals surface area contributed by atoms with Gasteiger partial charge in [0.05, 0.1) is 13.7 Å². The standard InChI is InChI=1S/C7H11N3O2/c1-10(7(11)12-2)5-6-8-3-4-9-6/h3-4H,5H2,1-2H3,(H,8,9). The van der Waals surface area contributed by atoms with E-state index < -0.39 is 0 Å². The molecular formula is C7H11N3O2. The number of H-pyrrole nitrogens is 1. The first-order valence-electron chi connectivity index (χ1n) is 3.51. The van der Waals surface area contributed by atoms with Crippen LogP contribution in [0, 0.1) is 0 Å². The molecule has 0 fully saturated rings. The van der Waals surface area contributed by atoms with Crippen LogP contribution in [0.15, 0.2) is 12.4 Å². The number of aromatic nitrogens is 2. The van der Waals surface area contributed by atoms with E-state index in [-0.39, 0.29) is 6.09 Å². The smallest absolute Gasteiger partial charge is 0.409 e. The Morgan fingerprint density at radius 1 is 1.83 bits per heavy atom. The first-order chi connectivity index (χ1) is 5.74. The number of hydrogen-bond acceptors (Lipinski definition) is 3. The number of imidazole rings is 1. The van der Waals surface area contributed by atoms with Crippen molar-refractivity contribution < 1.29 is 9.53 Å². The average Bonchev–Trinajstić information content (AvgIpc) is 2.55. The van der Waals surface area contributed by atoms with Gasteiger partial charge in [-0.3, -0.25) is 0 Å². The van der Waals surface area contributed by atoms with Gasteiger partial charge in [-0.15, -0.1) is 0 Å². The van der Waals surface area contributed by atoms with Crippen molar-refractivity contribution in [2.24, 2.45) is 0 Å². The molecule has 1 aromatic rings. The Hall–Kier alpha value is -1.52. The molecule has 1 rings (SSSR count). The summed E-state index contributed by atoms with van der Waals surface area (Å²) in [5.41, 5.74) is 0. The number of aromatic amines is 1. The lowest BCUT2D eigenvalue weighted by molar-refractivity contribution is 0.130. The van der Waals surface area contributed by atoms with E-state index in [2.05, 4.69) is 14.7 Å². The number of carbonyl (C=O) groups excluding carboxylic acids is 1. The minimum atomic E-state index is -0.369. The SMILES string of the molecule is COC(=O)N(C)Cc1ncc[nH]1. The molecule has 0 aliphatic rings. The van der Waals surface area contributed by atoms with Gasteiger partial charge in [-0.25, -0.2) is 9.78 Å². The topological polar surface area (TPSA) is 58.2 Å². The van der Waals surface area contributed by atoms with Gasteiger partial charge in [0.1, 0.15) is 5.82 Å². The molecule has 12 heavy (non-hydrogen) atoms. The fourth-order valence-electron chi connectivity index (χ4n) is 0.829. The van der Waals surface area contributed by atoms with E-state index >= 15 is 0 Å². The second kappa shape index (κ2) is 3.75. The molecule has 0 aliphatic carbocycles.